The standard InChI is InChI=1S/C14H25N3OS/c1-5-11-8-16-12(19-11)9-17-13(18)10(7-15)6-14(2,3)4/h8,10H,5-7,9,15H2,1-4H3,(H,17,18). The Labute approximate surface area is 119 Å². The molecule has 0 aliphatic heterocycles. The topological polar surface area (TPSA) is 68.0 Å². The molecule has 1 atom stereocenters. The first-order chi connectivity index (χ1) is 8.85. The molecule has 0 aliphatic carbocycles. The van der Waals surface area contributed by atoms with Crippen LogP contribution in [0, 0.1) is 11.3 Å². The molecule has 0 bridgehead atoms. The lowest BCUT2D eigenvalue weighted by atomic mass is 9.84. The fourth-order valence-corrected chi connectivity index (χ4v) is 2.72. The molecule has 1 aromatic heterocycles. The van der Waals surface area contributed by atoms with Crippen LogP contribution in [-0.2, 0) is 17.8 Å². The summed E-state index contributed by atoms with van der Waals surface area (Å²) in [5.41, 5.74) is 5.81. The molecule has 1 aromatic rings. The maximum atomic E-state index is 12.1. The highest BCUT2D eigenvalue weighted by Crippen LogP contribution is 2.24. The largest absolute Gasteiger partial charge is 0.349 e. The van der Waals surface area contributed by atoms with E-state index in [2.05, 4.69) is 38.0 Å². The lowest BCUT2D eigenvalue weighted by Crippen LogP contribution is -2.36. The van der Waals surface area contributed by atoms with Crippen molar-refractivity contribution in [1.82, 2.24) is 10.3 Å². The second kappa shape index (κ2) is 7.01. The summed E-state index contributed by atoms with van der Waals surface area (Å²) in [6.45, 7) is 9.36. The number of nitrogens with two attached hydrogens (primary N) is 1. The lowest BCUT2D eigenvalue weighted by Gasteiger charge is -2.24. The van der Waals surface area contributed by atoms with Crippen LogP contribution in [0.25, 0.3) is 0 Å². The van der Waals surface area contributed by atoms with Crippen LogP contribution < -0.4 is 11.1 Å². The third-order valence-electron chi connectivity index (χ3n) is 2.88. The Morgan fingerprint density at radius 1 is 1.53 bits per heavy atom. The van der Waals surface area contributed by atoms with Crippen molar-refractivity contribution < 1.29 is 4.79 Å². The third-order valence-corrected chi connectivity index (χ3v) is 4.02. The fourth-order valence-electron chi connectivity index (χ4n) is 1.92. The number of thiazole rings is 1. The Morgan fingerprint density at radius 3 is 2.68 bits per heavy atom. The van der Waals surface area contributed by atoms with Gasteiger partial charge in [0.1, 0.15) is 5.01 Å². The molecule has 0 radical (unpaired) electrons. The van der Waals surface area contributed by atoms with E-state index in [1.54, 1.807) is 11.3 Å². The van der Waals surface area contributed by atoms with E-state index in [0.29, 0.717) is 13.1 Å². The zero-order valence-electron chi connectivity index (χ0n) is 12.3. The second-order valence-corrected chi connectivity index (χ2v) is 7.19. The molecule has 108 valence electrons. The first-order valence-corrected chi connectivity index (χ1v) is 7.58. The van der Waals surface area contributed by atoms with Crippen molar-refractivity contribution in [2.24, 2.45) is 17.1 Å². The highest BCUT2D eigenvalue weighted by Gasteiger charge is 2.23. The summed E-state index contributed by atoms with van der Waals surface area (Å²) in [5.74, 6) is -0.0868. The van der Waals surface area contributed by atoms with Gasteiger partial charge in [-0.25, -0.2) is 4.98 Å². The Hall–Kier alpha value is -0.940. The van der Waals surface area contributed by atoms with Crippen LogP contribution in [0.2, 0.25) is 0 Å². The van der Waals surface area contributed by atoms with Gasteiger partial charge in [0.15, 0.2) is 0 Å². The van der Waals surface area contributed by atoms with E-state index in [0.717, 1.165) is 17.8 Å². The van der Waals surface area contributed by atoms with Crippen LogP contribution in [0.15, 0.2) is 6.20 Å². The molecular formula is C14H25N3OS. The first kappa shape index (κ1) is 16.1. The average molecular weight is 283 g/mol. The van der Waals surface area contributed by atoms with Gasteiger partial charge in [0.05, 0.1) is 12.5 Å². The van der Waals surface area contributed by atoms with Crippen molar-refractivity contribution >= 4 is 17.2 Å². The van der Waals surface area contributed by atoms with Crippen LogP contribution in [0.3, 0.4) is 0 Å². The van der Waals surface area contributed by atoms with Crippen LogP contribution in [0.5, 0.6) is 0 Å². The third kappa shape index (κ3) is 5.70. The van der Waals surface area contributed by atoms with Gasteiger partial charge in [-0.05, 0) is 18.3 Å². The minimum absolute atomic E-state index is 0.0330. The molecule has 0 spiro atoms. The number of hydrogen-bond acceptors (Lipinski definition) is 4. The van der Waals surface area contributed by atoms with E-state index in [-0.39, 0.29) is 17.2 Å². The number of nitrogens with zero attached hydrogens (tertiary/aromatic N) is 1. The Bertz CT molecular complexity index is 409. The fraction of sp³-hybridized carbons (Fsp3) is 0.714. The van der Waals surface area contributed by atoms with Crippen molar-refractivity contribution in [3.05, 3.63) is 16.1 Å². The molecule has 1 rings (SSSR count). The van der Waals surface area contributed by atoms with Gasteiger partial charge in [0.2, 0.25) is 5.91 Å². The molecule has 5 heteroatoms. The lowest BCUT2D eigenvalue weighted by molar-refractivity contribution is -0.125. The Morgan fingerprint density at radius 2 is 2.21 bits per heavy atom. The van der Waals surface area contributed by atoms with Gasteiger partial charge >= 0.3 is 0 Å². The van der Waals surface area contributed by atoms with E-state index in [1.807, 2.05) is 6.20 Å². The zero-order chi connectivity index (χ0) is 14.5. The normalized spacial score (nSPS) is 13.3. The van der Waals surface area contributed by atoms with Gasteiger partial charge < -0.3 is 11.1 Å². The molecule has 19 heavy (non-hydrogen) atoms. The van der Waals surface area contributed by atoms with Gasteiger partial charge in [-0.3, -0.25) is 4.79 Å². The monoisotopic (exact) mass is 283 g/mol. The summed E-state index contributed by atoms with van der Waals surface area (Å²) in [4.78, 5) is 17.6. The van der Waals surface area contributed by atoms with Crippen molar-refractivity contribution in [1.29, 1.82) is 0 Å². The summed E-state index contributed by atoms with van der Waals surface area (Å²) < 4.78 is 0. The smallest absolute Gasteiger partial charge is 0.224 e. The van der Waals surface area contributed by atoms with Gasteiger partial charge in [0.25, 0.3) is 0 Å². The summed E-state index contributed by atoms with van der Waals surface area (Å²) >= 11 is 1.65. The number of aryl methyl sites for hydroxylation is 1. The SMILES string of the molecule is CCc1cnc(CNC(=O)C(CN)CC(C)(C)C)s1. The molecule has 3 N–H and O–H groups in total. The predicted octanol–water partition coefficient (Wildman–Crippen LogP) is 2.33. The van der Waals surface area contributed by atoms with E-state index in [4.69, 9.17) is 5.73 Å². The van der Waals surface area contributed by atoms with Crippen LogP contribution in [0.4, 0.5) is 0 Å². The summed E-state index contributed by atoms with van der Waals surface area (Å²) in [5, 5.41) is 3.89. The van der Waals surface area contributed by atoms with Crippen molar-refractivity contribution in [2.45, 2.75) is 47.1 Å². The summed E-state index contributed by atoms with van der Waals surface area (Å²) in [7, 11) is 0. The number of aromatic nitrogens is 1. The Balaban J connectivity index is 2.48. The van der Waals surface area contributed by atoms with E-state index >= 15 is 0 Å². The molecule has 0 aromatic carbocycles. The maximum Gasteiger partial charge on any atom is 0.224 e. The second-order valence-electron chi connectivity index (χ2n) is 5.99. The average Bonchev–Trinajstić information content (AvgIpc) is 2.79. The van der Waals surface area contributed by atoms with Crippen molar-refractivity contribution in [3.8, 4) is 0 Å². The van der Waals surface area contributed by atoms with E-state index in [1.165, 1.54) is 4.88 Å². The van der Waals surface area contributed by atoms with Crippen LogP contribution >= 0.6 is 11.3 Å². The zero-order valence-corrected chi connectivity index (χ0v) is 13.1. The highest BCUT2D eigenvalue weighted by atomic mass is 32.1. The van der Waals surface area contributed by atoms with E-state index < -0.39 is 0 Å². The van der Waals surface area contributed by atoms with E-state index in [9.17, 15) is 4.79 Å². The molecule has 0 fully saturated rings. The van der Waals surface area contributed by atoms with Gasteiger partial charge in [-0.1, -0.05) is 27.7 Å². The van der Waals surface area contributed by atoms with Crippen LogP contribution in [-0.4, -0.2) is 17.4 Å². The van der Waals surface area contributed by atoms with Gasteiger partial charge in [-0.2, -0.15) is 0 Å². The minimum Gasteiger partial charge on any atom is -0.349 e. The maximum absolute atomic E-state index is 12.1. The molecule has 4 nitrogen and oxygen atoms in total. The molecule has 0 saturated heterocycles. The number of amides is 1. The molecular weight excluding hydrogens is 258 g/mol. The van der Waals surface area contributed by atoms with Crippen molar-refractivity contribution in [3.63, 3.8) is 0 Å². The molecule has 0 saturated carbocycles. The molecule has 1 amide bonds. The Kier molecular flexibility index (Phi) is 5.94. The van der Waals surface area contributed by atoms with Gasteiger partial charge in [-0.15, -0.1) is 11.3 Å². The summed E-state index contributed by atoms with van der Waals surface area (Å²) in [6.07, 6.45) is 3.66. The molecule has 0 aliphatic rings. The first-order valence-electron chi connectivity index (χ1n) is 6.77. The highest BCUT2D eigenvalue weighted by molar-refractivity contribution is 7.11. The number of hydrogen-bond donors (Lipinski definition) is 2. The van der Waals surface area contributed by atoms with Crippen molar-refractivity contribution in [2.75, 3.05) is 6.54 Å². The molecule has 1 unspecified atom stereocenters. The summed E-state index contributed by atoms with van der Waals surface area (Å²) in [6, 6.07) is 0. The quantitative estimate of drug-likeness (QED) is 0.842. The number of nitrogens with one attached hydrogen (secondary N) is 1. The minimum atomic E-state index is -0.120. The number of carbonyl (C=O) groups excluding carboxylic acids is 1. The number of rotatable bonds is 6. The predicted molar refractivity (Wildman–Crippen MR) is 80.0 cm³/mol. The molecule has 1 heterocycles. The van der Waals surface area contributed by atoms with Crippen LogP contribution in [0.1, 0.15) is 44.0 Å². The van der Waals surface area contributed by atoms with Gasteiger partial charge in [0, 0.05) is 17.6 Å². The number of carbonyl (C=O) groups is 1.